The Balaban J connectivity index is 1.74. The van der Waals surface area contributed by atoms with Crippen LogP contribution in [0, 0.1) is 12.3 Å². The summed E-state index contributed by atoms with van der Waals surface area (Å²) in [6, 6.07) is 6.38. The number of hydrogen-bond donors (Lipinski definition) is 3. The van der Waals surface area contributed by atoms with Crippen LogP contribution in [0.5, 0.6) is 0 Å². The molecule has 7 heteroatoms. The van der Waals surface area contributed by atoms with Crippen molar-refractivity contribution in [3.63, 3.8) is 0 Å². The van der Waals surface area contributed by atoms with E-state index in [9.17, 15) is 14.7 Å². The molecule has 1 aromatic carbocycles. The number of amides is 2. The molecule has 1 heterocycles. The van der Waals surface area contributed by atoms with Crippen molar-refractivity contribution in [1.29, 1.82) is 0 Å². The number of aliphatic hydroxyl groups excluding tert-OH is 1. The van der Waals surface area contributed by atoms with Crippen LogP contribution in [0.3, 0.4) is 0 Å². The lowest BCUT2D eigenvalue weighted by atomic mass is 9.75. The molecule has 1 atom stereocenters. The average molecular weight is 377 g/mol. The van der Waals surface area contributed by atoms with Crippen molar-refractivity contribution in [2.24, 2.45) is 5.41 Å². The minimum absolute atomic E-state index is 0.0955. The van der Waals surface area contributed by atoms with E-state index in [0.29, 0.717) is 40.3 Å². The monoisotopic (exact) mass is 376 g/mol. The van der Waals surface area contributed by atoms with E-state index in [-0.39, 0.29) is 11.2 Å². The van der Waals surface area contributed by atoms with Gasteiger partial charge in [-0.25, -0.2) is 0 Å². The Morgan fingerprint density at radius 1 is 1.27 bits per heavy atom. The quantitative estimate of drug-likeness (QED) is 0.701. The summed E-state index contributed by atoms with van der Waals surface area (Å²) >= 11 is 5.86. The highest BCUT2D eigenvalue weighted by Gasteiger charge is 2.37. The van der Waals surface area contributed by atoms with Crippen LogP contribution in [0.4, 0.5) is 0 Å². The molecule has 1 aromatic heterocycles. The van der Waals surface area contributed by atoms with Crippen LogP contribution in [0.1, 0.15) is 64.2 Å². The minimum atomic E-state index is -0.667. The number of benzene rings is 1. The number of carbonyl (C=O) groups is 2. The van der Waals surface area contributed by atoms with E-state index < -0.39 is 17.9 Å². The molecule has 26 heavy (non-hydrogen) atoms. The zero-order valence-electron chi connectivity index (χ0n) is 14.9. The van der Waals surface area contributed by atoms with Gasteiger partial charge in [0.25, 0.3) is 5.91 Å². The van der Waals surface area contributed by atoms with Gasteiger partial charge in [0, 0.05) is 28.1 Å². The zero-order valence-corrected chi connectivity index (χ0v) is 15.6. The standard InChI is InChI=1S/C19H21ClN2O4/c1-10-15-13(23)8-19(2,3)9-14(15)26-16(10)18(25)22-21-17(24)11-5-4-6-12(20)7-11/h4-7,13,23H,8-9H2,1-3H3,(H,21,24)(H,22,25). The third-order valence-electron chi connectivity index (χ3n) is 4.57. The molecular weight excluding hydrogens is 356 g/mol. The summed E-state index contributed by atoms with van der Waals surface area (Å²) in [4.78, 5) is 24.5. The first-order valence-electron chi connectivity index (χ1n) is 8.34. The van der Waals surface area contributed by atoms with Gasteiger partial charge in [-0.05, 0) is 37.0 Å². The molecule has 1 aliphatic rings. The van der Waals surface area contributed by atoms with E-state index in [1.54, 1.807) is 25.1 Å². The predicted molar refractivity (Wildman–Crippen MR) is 96.9 cm³/mol. The average Bonchev–Trinajstić information content (AvgIpc) is 2.87. The molecule has 1 aliphatic carbocycles. The van der Waals surface area contributed by atoms with Gasteiger partial charge >= 0.3 is 5.91 Å². The van der Waals surface area contributed by atoms with Gasteiger partial charge in [0.05, 0.1) is 6.10 Å². The molecule has 2 aromatic rings. The third-order valence-corrected chi connectivity index (χ3v) is 4.81. The van der Waals surface area contributed by atoms with Crippen LogP contribution in [0.2, 0.25) is 5.02 Å². The molecule has 0 aliphatic heterocycles. The van der Waals surface area contributed by atoms with Gasteiger partial charge in [0.2, 0.25) is 0 Å². The van der Waals surface area contributed by atoms with Crippen molar-refractivity contribution >= 4 is 23.4 Å². The molecule has 0 spiro atoms. The number of rotatable bonds is 2. The van der Waals surface area contributed by atoms with Gasteiger partial charge in [0.15, 0.2) is 5.76 Å². The summed E-state index contributed by atoms with van der Waals surface area (Å²) in [5.41, 5.74) is 6.18. The molecular formula is C19H21ClN2O4. The molecule has 2 amide bonds. The van der Waals surface area contributed by atoms with Crippen molar-refractivity contribution < 1.29 is 19.1 Å². The summed E-state index contributed by atoms with van der Waals surface area (Å²) in [5, 5.41) is 10.8. The molecule has 0 saturated carbocycles. The summed E-state index contributed by atoms with van der Waals surface area (Å²) in [7, 11) is 0. The van der Waals surface area contributed by atoms with Crippen LogP contribution in [0.25, 0.3) is 0 Å². The van der Waals surface area contributed by atoms with Crippen LogP contribution in [0.15, 0.2) is 28.7 Å². The highest BCUT2D eigenvalue weighted by molar-refractivity contribution is 6.30. The lowest BCUT2D eigenvalue weighted by Crippen LogP contribution is -2.41. The highest BCUT2D eigenvalue weighted by atomic mass is 35.5. The Morgan fingerprint density at radius 3 is 2.65 bits per heavy atom. The normalized spacial score (nSPS) is 18.1. The smallest absolute Gasteiger partial charge is 0.305 e. The fourth-order valence-electron chi connectivity index (χ4n) is 3.37. The molecule has 0 bridgehead atoms. The number of furan rings is 1. The highest BCUT2D eigenvalue weighted by Crippen LogP contribution is 2.43. The Morgan fingerprint density at radius 2 is 1.96 bits per heavy atom. The lowest BCUT2D eigenvalue weighted by molar-refractivity contribution is 0.0822. The van der Waals surface area contributed by atoms with E-state index in [1.807, 2.05) is 13.8 Å². The summed E-state index contributed by atoms with van der Waals surface area (Å²) in [6.07, 6.45) is 0.579. The van der Waals surface area contributed by atoms with Gasteiger partial charge < -0.3 is 9.52 Å². The molecule has 3 N–H and O–H groups in total. The lowest BCUT2D eigenvalue weighted by Gasteiger charge is -2.31. The second-order valence-corrected chi connectivity index (χ2v) is 7.81. The Kier molecular flexibility index (Phi) is 4.82. The Labute approximate surface area is 156 Å². The number of carbonyl (C=O) groups excluding carboxylic acids is 2. The topological polar surface area (TPSA) is 91.6 Å². The van der Waals surface area contributed by atoms with E-state index in [2.05, 4.69) is 10.9 Å². The Bertz CT molecular complexity index is 872. The van der Waals surface area contributed by atoms with Gasteiger partial charge in [-0.15, -0.1) is 0 Å². The molecule has 0 saturated heterocycles. The SMILES string of the molecule is Cc1c(C(=O)NNC(=O)c2cccc(Cl)c2)oc2c1C(O)CC(C)(C)C2. The van der Waals surface area contributed by atoms with Crippen molar-refractivity contribution in [2.75, 3.05) is 0 Å². The van der Waals surface area contributed by atoms with Crippen LogP contribution in [-0.2, 0) is 6.42 Å². The third kappa shape index (κ3) is 3.61. The number of hydrazine groups is 1. The van der Waals surface area contributed by atoms with Gasteiger partial charge in [-0.2, -0.15) is 0 Å². The van der Waals surface area contributed by atoms with E-state index in [1.165, 1.54) is 6.07 Å². The van der Waals surface area contributed by atoms with Gasteiger partial charge in [-0.3, -0.25) is 20.4 Å². The summed E-state index contributed by atoms with van der Waals surface area (Å²) in [5.74, 6) is -0.344. The van der Waals surface area contributed by atoms with Crippen molar-refractivity contribution in [3.8, 4) is 0 Å². The molecule has 6 nitrogen and oxygen atoms in total. The maximum atomic E-state index is 12.4. The predicted octanol–water partition coefficient (Wildman–Crippen LogP) is 3.32. The van der Waals surface area contributed by atoms with Gasteiger partial charge in [0.1, 0.15) is 5.76 Å². The second-order valence-electron chi connectivity index (χ2n) is 7.37. The summed E-state index contributed by atoms with van der Waals surface area (Å²) < 4.78 is 5.72. The number of halogens is 1. The fourth-order valence-corrected chi connectivity index (χ4v) is 3.56. The van der Waals surface area contributed by atoms with Crippen LogP contribution >= 0.6 is 11.6 Å². The number of hydrogen-bond acceptors (Lipinski definition) is 4. The van der Waals surface area contributed by atoms with E-state index in [0.717, 1.165) is 0 Å². The van der Waals surface area contributed by atoms with Crippen LogP contribution < -0.4 is 10.9 Å². The first kappa shape index (κ1) is 18.5. The second kappa shape index (κ2) is 6.78. The molecule has 1 unspecified atom stereocenters. The minimum Gasteiger partial charge on any atom is -0.455 e. The molecule has 0 fully saturated rings. The number of nitrogens with one attached hydrogen (secondary N) is 2. The summed E-state index contributed by atoms with van der Waals surface area (Å²) in [6.45, 7) is 5.82. The number of fused-ring (bicyclic) bond motifs is 1. The van der Waals surface area contributed by atoms with Gasteiger partial charge in [-0.1, -0.05) is 31.5 Å². The Hall–Kier alpha value is -2.31. The maximum absolute atomic E-state index is 12.4. The molecule has 3 rings (SSSR count). The zero-order chi connectivity index (χ0) is 19.1. The van der Waals surface area contributed by atoms with Crippen molar-refractivity contribution in [2.45, 2.75) is 39.7 Å². The van der Waals surface area contributed by atoms with E-state index in [4.69, 9.17) is 16.0 Å². The fraction of sp³-hybridized carbons (Fsp3) is 0.368. The first-order valence-corrected chi connectivity index (χ1v) is 8.72. The molecule has 0 radical (unpaired) electrons. The molecule has 138 valence electrons. The largest absolute Gasteiger partial charge is 0.455 e. The number of aliphatic hydroxyl groups is 1. The van der Waals surface area contributed by atoms with Crippen molar-refractivity contribution in [3.05, 3.63) is 57.5 Å². The maximum Gasteiger partial charge on any atom is 0.305 e. The van der Waals surface area contributed by atoms with Crippen molar-refractivity contribution in [1.82, 2.24) is 10.9 Å². The van der Waals surface area contributed by atoms with E-state index >= 15 is 0 Å². The first-order chi connectivity index (χ1) is 12.2. The van der Waals surface area contributed by atoms with Crippen LogP contribution in [-0.4, -0.2) is 16.9 Å².